The number of carbonyl (C=O) groups excluding carboxylic acids is 3. The highest BCUT2D eigenvalue weighted by atomic mass is 16.8. The maximum Gasteiger partial charge on any atom is 0.333 e. The molecule has 4 saturated carbocycles. The molecule has 42 nitrogen and oxygen atoms in total. The summed E-state index contributed by atoms with van der Waals surface area (Å²) in [6, 6.07) is 0. The Balaban J connectivity index is 0.764. The molecule has 13 aliphatic rings. The molecule has 136 heavy (non-hydrogen) atoms. The summed E-state index contributed by atoms with van der Waals surface area (Å²) in [5.41, 5.74) is -6.56. The van der Waals surface area contributed by atoms with Gasteiger partial charge in [-0.1, -0.05) is 84.4 Å². The van der Waals surface area contributed by atoms with Crippen LogP contribution < -0.4 is 0 Å². The SMILES string of the molecule is C=CC(C)(O)CC/C=C(\C)C(=O)O[C@@H]1[C@@H](O)[C@H](C)O[C@@H](OC[C@H]2O[C@@H](OC(=O)[C@]34CCC(C)(C)C[C@H]3C3=CCC5[C@@]6(C)CC[C@H](O[C@@H]7O[C@H](CO[C@@H]8OC[C@H](O)[C@H](O)[C@H]8O[C@@H]8OC[C@@H](O)[C@H](O)[C@H]8O)[C@@H](O)[C@H](O)[C@H]7O)C(C)(C)C6CC[C@@]5(C)[C@]3(C)C[C@H]4O)[C@H](O[C@@H]3O[C@@H](C)[C@H](O[C@@H]4OC[C@@H](O)[C@H](O[C@@H]5OC[C@@H](O)[C@H](O)[C@H]5O)[C@H]4O)[C@@H](O)[C@H]3O)[C@@H](O)[C@@H]2O)[C@@H]1OC(=O)/C(C)=C/CCC(C)(O)C=C. The van der Waals surface area contributed by atoms with Crippen molar-refractivity contribution in [2.24, 2.45) is 50.2 Å². The minimum absolute atomic E-state index is 0.00465. The number of fused-ring (bicyclic) bond motifs is 7. The number of carbonyl (C=O) groups is 3. The maximum absolute atomic E-state index is 16.6. The number of allylic oxidation sites excluding steroid dienone is 4. The third-order valence-corrected chi connectivity index (χ3v) is 32.4. The Labute approximate surface area is 789 Å². The lowest BCUT2D eigenvalue weighted by Gasteiger charge is -2.71. The molecule has 0 aromatic heterocycles. The first kappa shape index (κ1) is 109. The predicted octanol–water partition coefficient (Wildman–Crippen LogP) is -2.73. The van der Waals surface area contributed by atoms with E-state index in [2.05, 4.69) is 67.7 Å². The van der Waals surface area contributed by atoms with Crippen molar-refractivity contribution in [2.75, 3.05) is 39.6 Å². The minimum Gasteiger partial charge on any atom is -0.452 e. The van der Waals surface area contributed by atoms with Crippen molar-refractivity contribution < 1.29 is 207 Å². The summed E-state index contributed by atoms with van der Waals surface area (Å²) in [6.45, 7) is 27.5. The Morgan fingerprint density at radius 1 is 0.441 bits per heavy atom. The van der Waals surface area contributed by atoms with E-state index >= 15 is 4.79 Å². The second kappa shape index (κ2) is 42.8. The first-order chi connectivity index (χ1) is 63.6. The van der Waals surface area contributed by atoms with Gasteiger partial charge >= 0.3 is 17.9 Å². The summed E-state index contributed by atoms with van der Waals surface area (Å²) >= 11 is 0. The van der Waals surface area contributed by atoms with Crippen LogP contribution in [0.25, 0.3) is 0 Å². The number of ether oxygens (including phenoxy) is 18. The first-order valence-electron chi connectivity index (χ1n) is 47.5. The van der Waals surface area contributed by atoms with Crippen LogP contribution in [-0.4, -0.2) is 409 Å². The molecule has 776 valence electrons. The molecule has 8 saturated heterocycles. The molecule has 4 unspecified atom stereocenters. The fourth-order valence-electron chi connectivity index (χ4n) is 23.3. The van der Waals surface area contributed by atoms with Crippen molar-refractivity contribution in [2.45, 2.75) is 418 Å². The molecule has 8 aliphatic heterocycles. The number of aliphatic hydroxyl groups excluding tert-OH is 19. The van der Waals surface area contributed by atoms with E-state index in [1.807, 2.05) is 0 Å². The van der Waals surface area contributed by atoms with Crippen LogP contribution in [-0.2, 0) is 99.6 Å². The monoisotopic (exact) mass is 1950 g/mol. The highest BCUT2D eigenvalue weighted by Gasteiger charge is 2.73. The smallest absolute Gasteiger partial charge is 0.333 e. The van der Waals surface area contributed by atoms with Gasteiger partial charge in [0, 0.05) is 11.1 Å². The van der Waals surface area contributed by atoms with Gasteiger partial charge in [-0.2, -0.15) is 0 Å². The van der Waals surface area contributed by atoms with Crippen molar-refractivity contribution in [3.8, 4) is 0 Å². The van der Waals surface area contributed by atoms with Gasteiger partial charge in [0.2, 0.25) is 6.29 Å². The molecule has 8 heterocycles. The van der Waals surface area contributed by atoms with Crippen LogP contribution in [0.1, 0.15) is 173 Å². The van der Waals surface area contributed by atoms with E-state index in [9.17, 15) is 117 Å². The zero-order valence-corrected chi connectivity index (χ0v) is 79.4. The van der Waals surface area contributed by atoms with Crippen LogP contribution in [0.15, 0.2) is 60.3 Å². The standard InChI is InChI=1S/C94H148O42/c1-16-89(11,117)26-18-20-40(3)76(114)130-72-56(100)42(5)125-84(75(72)131-77(115)41(4)21-19-27-90(12,118)17-2)124-39-51-61(105)63(107)74(135-81-68(112)64(108)70(43(6)126-81)132-80-69(113)71(49(98)37-121-80)133-78-65(109)57(101)46(95)34-119-78)85(128-51)136-86(116)94-31-30-87(7,8)32-45(94)44-22-23-53-91(13)28-25-55(88(9,10)52(91)24-29-92(53,14)93(44,15)33-54(94)99)129-82-67(111)62(106)60(104)50(127-82)38-123-83-73(59(103)48(97)36-122-83)134-79-66(110)58(102)47(96)35-120-79/h16-17,20-22,42-43,45-75,78-85,95-113,117-118H,1-2,18-19,23-39H2,3-15H3/b40-20+,41-21+/t42-,43-,45-,46+,47+,48-,49+,50+,51+,52?,53?,54+,55-,56-,57-,58-,59-,60+,61+,62-,63-,64-,65+,66+,67+,68+,69+,70-,71-,72+,73+,74+,75+,78-,79-,80-,81-,82-,83-,84+,85-,89?,90?,91-,92+,93+,94+/m0/s1. The van der Waals surface area contributed by atoms with E-state index in [1.165, 1.54) is 65.8 Å². The molecular weight excluding hydrogens is 1800 g/mol. The first-order valence-corrected chi connectivity index (χ1v) is 47.5. The Hall–Kier alpha value is -4.33. The van der Waals surface area contributed by atoms with E-state index in [1.54, 1.807) is 0 Å². The Bertz CT molecular complexity index is 4170. The molecular formula is C94H148O42. The zero-order chi connectivity index (χ0) is 99.8. The largest absolute Gasteiger partial charge is 0.452 e. The molecule has 21 N–H and O–H groups in total. The Morgan fingerprint density at radius 3 is 1.49 bits per heavy atom. The van der Waals surface area contributed by atoms with Crippen molar-refractivity contribution in [3.63, 3.8) is 0 Å². The molecule has 47 atom stereocenters. The average molecular weight is 1950 g/mol. The van der Waals surface area contributed by atoms with Crippen LogP contribution >= 0.6 is 0 Å². The van der Waals surface area contributed by atoms with Crippen LogP contribution in [0.4, 0.5) is 0 Å². The fraction of sp³-hybridized carbons (Fsp3) is 0.862. The van der Waals surface area contributed by atoms with Gasteiger partial charge in [0.05, 0.1) is 75.3 Å². The molecule has 0 spiro atoms. The molecule has 0 bridgehead atoms. The highest BCUT2D eigenvalue weighted by molar-refractivity contribution is 5.89. The third kappa shape index (κ3) is 21.7. The quantitative estimate of drug-likeness (QED) is 0.0114. The summed E-state index contributed by atoms with van der Waals surface area (Å²) in [7, 11) is 0. The molecule has 5 aliphatic carbocycles. The van der Waals surface area contributed by atoms with Gasteiger partial charge in [-0.3, -0.25) is 4.79 Å². The van der Waals surface area contributed by atoms with Crippen molar-refractivity contribution in [1.82, 2.24) is 0 Å². The number of hydrogen-bond donors (Lipinski definition) is 21. The molecule has 12 fully saturated rings. The Morgan fingerprint density at radius 2 is 0.904 bits per heavy atom. The second-order valence-electron chi connectivity index (χ2n) is 42.6. The summed E-state index contributed by atoms with van der Waals surface area (Å²) in [4.78, 5) is 45.0. The van der Waals surface area contributed by atoms with Crippen molar-refractivity contribution in [1.29, 1.82) is 0 Å². The van der Waals surface area contributed by atoms with E-state index in [0.29, 0.717) is 44.9 Å². The molecule has 0 aromatic rings. The number of hydrogen-bond acceptors (Lipinski definition) is 42. The van der Waals surface area contributed by atoms with Gasteiger partial charge in [0.1, 0.15) is 146 Å². The number of esters is 3. The van der Waals surface area contributed by atoms with Crippen LogP contribution in [0.3, 0.4) is 0 Å². The van der Waals surface area contributed by atoms with Gasteiger partial charge < -0.3 is 193 Å². The summed E-state index contributed by atoms with van der Waals surface area (Å²) < 4.78 is 109. The second-order valence-corrected chi connectivity index (χ2v) is 42.6. The molecule has 42 heteroatoms. The summed E-state index contributed by atoms with van der Waals surface area (Å²) in [5.74, 6) is -3.96. The normalized spacial score (nSPS) is 48.5. The van der Waals surface area contributed by atoms with Crippen LogP contribution in [0.5, 0.6) is 0 Å². The van der Waals surface area contributed by atoms with Gasteiger partial charge in [-0.15, -0.1) is 13.2 Å². The van der Waals surface area contributed by atoms with Crippen LogP contribution in [0.2, 0.25) is 0 Å². The topological polar surface area (TPSA) is 642 Å². The van der Waals surface area contributed by atoms with E-state index in [-0.39, 0.29) is 61.5 Å². The average Bonchev–Trinajstić information content (AvgIpc) is 0.668. The van der Waals surface area contributed by atoms with Gasteiger partial charge in [-0.25, -0.2) is 9.59 Å². The minimum atomic E-state index is -2.26. The lowest BCUT2D eigenvalue weighted by molar-refractivity contribution is -0.381. The molecule has 13 rings (SSSR count). The molecule has 0 radical (unpaired) electrons. The van der Waals surface area contributed by atoms with E-state index < -0.39 is 341 Å². The highest BCUT2D eigenvalue weighted by Crippen LogP contribution is 2.76. The van der Waals surface area contributed by atoms with Gasteiger partial charge in [0.25, 0.3) is 0 Å². The third-order valence-electron chi connectivity index (χ3n) is 32.4. The van der Waals surface area contributed by atoms with E-state index in [4.69, 9.17) is 85.3 Å². The zero-order valence-electron chi connectivity index (χ0n) is 79.4. The fourth-order valence-corrected chi connectivity index (χ4v) is 23.3. The van der Waals surface area contributed by atoms with Crippen LogP contribution in [0, 0.1) is 50.2 Å². The van der Waals surface area contributed by atoms with E-state index in [0.717, 1.165) is 5.57 Å². The predicted molar refractivity (Wildman–Crippen MR) is 463 cm³/mol. The number of rotatable bonds is 30. The summed E-state index contributed by atoms with van der Waals surface area (Å²) in [6.07, 6.45) is -53.5. The Kier molecular flexibility index (Phi) is 34.2. The summed E-state index contributed by atoms with van der Waals surface area (Å²) in [5, 5.41) is 237. The molecule has 0 aromatic carbocycles. The number of aliphatic hydroxyl groups is 21. The lowest BCUT2D eigenvalue weighted by Crippen LogP contribution is -2.69. The lowest BCUT2D eigenvalue weighted by atomic mass is 9.33. The van der Waals surface area contributed by atoms with Crippen molar-refractivity contribution in [3.05, 3.63) is 60.3 Å². The van der Waals surface area contributed by atoms with Gasteiger partial charge in [-0.05, 0) is 170 Å². The van der Waals surface area contributed by atoms with Crippen molar-refractivity contribution >= 4 is 17.9 Å². The maximum atomic E-state index is 16.6. The van der Waals surface area contributed by atoms with Gasteiger partial charge in [0.15, 0.2) is 62.3 Å². The molecule has 0 amide bonds.